The third-order valence-electron chi connectivity index (χ3n) is 3.74. The average molecular weight is 275 g/mol. The first-order valence-corrected chi connectivity index (χ1v) is 7.02. The van der Waals surface area contributed by atoms with Crippen molar-refractivity contribution >= 4 is 0 Å². The van der Waals surface area contributed by atoms with Crippen molar-refractivity contribution in [2.24, 2.45) is 5.73 Å². The maximum atomic E-state index is 13.9. The minimum absolute atomic E-state index is 0.265. The average Bonchev–Trinajstić information content (AvgIpc) is 2.85. The molecule has 0 bridgehead atoms. The summed E-state index contributed by atoms with van der Waals surface area (Å²) in [6.45, 7) is 6.08. The molecule has 0 radical (unpaired) electrons. The fourth-order valence-corrected chi connectivity index (χ4v) is 2.30. The number of rotatable bonds is 5. The van der Waals surface area contributed by atoms with Crippen LogP contribution in [-0.2, 0) is 12.0 Å². The molecule has 20 heavy (non-hydrogen) atoms. The van der Waals surface area contributed by atoms with Crippen LogP contribution in [0.3, 0.4) is 0 Å². The molecule has 108 valence electrons. The standard InChI is InChI=1S/C16H22FN3/c1-4-12(2)20-10-9-13(19-20)11-16(3,18)14-7-5-6-8-15(14)17/h5-10,12H,4,11,18H2,1-3H3. The number of benzene rings is 1. The van der Waals surface area contributed by atoms with Crippen LogP contribution in [0.1, 0.15) is 44.5 Å². The first-order valence-electron chi connectivity index (χ1n) is 7.02. The van der Waals surface area contributed by atoms with Crippen molar-refractivity contribution in [1.29, 1.82) is 0 Å². The Hall–Kier alpha value is -1.68. The summed E-state index contributed by atoms with van der Waals surface area (Å²) in [4.78, 5) is 0. The van der Waals surface area contributed by atoms with Crippen LogP contribution in [0.2, 0.25) is 0 Å². The first kappa shape index (κ1) is 14.7. The Morgan fingerprint density at radius 3 is 2.70 bits per heavy atom. The topological polar surface area (TPSA) is 43.8 Å². The van der Waals surface area contributed by atoms with E-state index in [9.17, 15) is 4.39 Å². The lowest BCUT2D eigenvalue weighted by Gasteiger charge is -2.24. The molecular weight excluding hydrogens is 253 g/mol. The first-order chi connectivity index (χ1) is 9.44. The monoisotopic (exact) mass is 275 g/mol. The number of aromatic nitrogens is 2. The SMILES string of the molecule is CCC(C)n1ccc(CC(C)(N)c2ccccc2F)n1. The molecule has 0 aliphatic heterocycles. The molecule has 1 heterocycles. The molecule has 1 aromatic carbocycles. The molecule has 4 heteroatoms. The highest BCUT2D eigenvalue weighted by molar-refractivity contribution is 5.27. The Labute approximate surface area is 119 Å². The van der Waals surface area contributed by atoms with Crippen molar-refractivity contribution in [3.05, 3.63) is 53.6 Å². The predicted octanol–water partition coefficient (Wildman–Crippen LogP) is 3.41. The third-order valence-corrected chi connectivity index (χ3v) is 3.74. The van der Waals surface area contributed by atoms with Gasteiger partial charge in [0.25, 0.3) is 0 Å². The fourth-order valence-electron chi connectivity index (χ4n) is 2.30. The summed E-state index contributed by atoms with van der Waals surface area (Å²) in [5, 5.41) is 4.54. The van der Waals surface area contributed by atoms with E-state index in [0.29, 0.717) is 18.0 Å². The predicted molar refractivity (Wildman–Crippen MR) is 78.9 cm³/mol. The van der Waals surface area contributed by atoms with E-state index in [0.717, 1.165) is 12.1 Å². The molecule has 2 atom stereocenters. The Balaban J connectivity index is 2.20. The molecule has 0 spiro atoms. The van der Waals surface area contributed by atoms with Gasteiger partial charge in [0, 0.05) is 29.8 Å². The van der Waals surface area contributed by atoms with Crippen LogP contribution in [-0.4, -0.2) is 9.78 Å². The molecular formula is C16H22FN3. The van der Waals surface area contributed by atoms with E-state index in [4.69, 9.17) is 5.73 Å². The summed E-state index contributed by atoms with van der Waals surface area (Å²) in [5.74, 6) is -0.265. The largest absolute Gasteiger partial charge is 0.321 e. The lowest BCUT2D eigenvalue weighted by atomic mass is 9.88. The minimum Gasteiger partial charge on any atom is -0.321 e. The number of hydrogen-bond donors (Lipinski definition) is 1. The van der Waals surface area contributed by atoms with Crippen molar-refractivity contribution in [3.8, 4) is 0 Å². The summed E-state index contributed by atoms with van der Waals surface area (Å²) in [6, 6.07) is 8.98. The van der Waals surface area contributed by atoms with Gasteiger partial charge in [-0.1, -0.05) is 25.1 Å². The molecule has 3 nitrogen and oxygen atoms in total. The van der Waals surface area contributed by atoms with E-state index in [-0.39, 0.29) is 5.82 Å². The summed E-state index contributed by atoms with van der Waals surface area (Å²) in [5.41, 5.74) is 6.95. The molecule has 0 saturated carbocycles. The van der Waals surface area contributed by atoms with Crippen molar-refractivity contribution < 1.29 is 4.39 Å². The number of hydrogen-bond acceptors (Lipinski definition) is 2. The smallest absolute Gasteiger partial charge is 0.128 e. The van der Waals surface area contributed by atoms with Crippen molar-refractivity contribution in [1.82, 2.24) is 9.78 Å². The van der Waals surface area contributed by atoms with E-state index in [1.807, 2.05) is 23.9 Å². The molecule has 1 aromatic heterocycles. The Kier molecular flexibility index (Phi) is 4.23. The summed E-state index contributed by atoms with van der Waals surface area (Å²) in [7, 11) is 0. The lowest BCUT2D eigenvalue weighted by molar-refractivity contribution is 0.437. The van der Waals surface area contributed by atoms with Gasteiger partial charge in [-0.15, -0.1) is 0 Å². The minimum atomic E-state index is -0.764. The van der Waals surface area contributed by atoms with E-state index < -0.39 is 5.54 Å². The van der Waals surface area contributed by atoms with Gasteiger partial charge in [0.1, 0.15) is 5.82 Å². The van der Waals surface area contributed by atoms with Crippen LogP contribution in [0.4, 0.5) is 4.39 Å². The van der Waals surface area contributed by atoms with Gasteiger partial charge in [-0.3, -0.25) is 4.68 Å². The molecule has 0 aliphatic rings. The van der Waals surface area contributed by atoms with Crippen LogP contribution in [0, 0.1) is 5.82 Å². The Bertz CT molecular complexity index is 575. The molecule has 2 N–H and O–H groups in total. The van der Waals surface area contributed by atoms with E-state index in [1.54, 1.807) is 18.2 Å². The fraction of sp³-hybridized carbons (Fsp3) is 0.438. The summed E-state index contributed by atoms with van der Waals surface area (Å²) in [6.07, 6.45) is 3.49. The normalized spacial score (nSPS) is 15.8. The summed E-state index contributed by atoms with van der Waals surface area (Å²) < 4.78 is 15.8. The second-order valence-electron chi connectivity index (χ2n) is 5.62. The van der Waals surface area contributed by atoms with Gasteiger partial charge in [-0.2, -0.15) is 5.10 Å². The second kappa shape index (κ2) is 5.75. The molecule has 2 rings (SSSR count). The van der Waals surface area contributed by atoms with Gasteiger partial charge in [0.2, 0.25) is 0 Å². The molecule has 2 unspecified atom stereocenters. The highest BCUT2D eigenvalue weighted by atomic mass is 19.1. The number of halogens is 1. The van der Waals surface area contributed by atoms with Gasteiger partial charge in [-0.25, -0.2) is 4.39 Å². The molecule has 0 amide bonds. The number of nitrogens with zero attached hydrogens (tertiary/aromatic N) is 2. The zero-order chi connectivity index (χ0) is 14.8. The van der Waals surface area contributed by atoms with Gasteiger partial charge in [-0.05, 0) is 32.4 Å². The van der Waals surface area contributed by atoms with Gasteiger partial charge in [0.15, 0.2) is 0 Å². The van der Waals surface area contributed by atoms with Crippen molar-refractivity contribution in [3.63, 3.8) is 0 Å². The van der Waals surface area contributed by atoms with Crippen LogP contribution < -0.4 is 5.73 Å². The molecule has 0 aliphatic carbocycles. The highest BCUT2D eigenvalue weighted by Gasteiger charge is 2.26. The van der Waals surface area contributed by atoms with E-state index >= 15 is 0 Å². The molecule has 0 fully saturated rings. The molecule has 2 aromatic rings. The zero-order valence-corrected chi connectivity index (χ0v) is 12.3. The van der Waals surface area contributed by atoms with Gasteiger partial charge < -0.3 is 5.73 Å². The lowest BCUT2D eigenvalue weighted by Crippen LogP contribution is -2.36. The van der Waals surface area contributed by atoms with Crippen LogP contribution in [0.25, 0.3) is 0 Å². The third kappa shape index (κ3) is 3.07. The van der Waals surface area contributed by atoms with Crippen LogP contribution >= 0.6 is 0 Å². The maximum absolute atomic E-state index is 13.9. The maximum Gasteiger partial charge on any atom is 0.128 e. The Morgan fingerprint density at radius 2 is 2.05 bits per heavy atom. The molecule has 0 saturated heterocycles. The van der Waals surface area contributed by atoms with Crippen molar-refractivity contribution in [2.75, 3.05) is 0 Å². The zero-order valence-electron chi connectivity index (χ0n) is 12.3. The summed E-state index contributed by atoms with van der Waals surface area (Å²) >= 11 is 0. The van der Waals surface area contributed by atoms with Crippen molar-refractivity contribution in [2.45, 2.75) is 45.2 Å². The van der Waals surface area contributed by atoms with Gasteiger partial charge in [0.05, 0.1) is 5.69 Å². The van der Waals surface area contributed by atoms with E-state index in [2.05, 4.69) is 18.9 Å². The van der Waals surface area contributed by atoms with Crippen LogP contribution in [0.5, 0.6) is 0 Å². The number of nitrogens with two attached hydrogens (primary N) is 1. The Morgan fingerprint density at radius 1 is 1.35 bits per heavy atom. The quantitative estimate of drug-likeness (QED) is 0.908. The second-order valence-corrected chi connectivity index (χ2v) is 5.62. The van der Waals surface area contributed by atoms with Gasteiger partial charge >= 0.3 is 0 Å². The van der Waals surface area contributed by atoms with E-state index in [1.165, 1.54) is 6.07 Å². The highest BCUT2D eigenvalue weighted by Crippen LogP contribution is 2.24. The van der Waals surface area contributed by atoms with Crippen LogP contribution in [0.15, 0.2) is 36.5 Å².